The summed E-state index contributed by atoms with van der Waals surface area (Å²) in [5, 5.41) is 15.3. The fraction of sp³-hybridized carbons (Fsp3) is 0.462. The van der Waals surface area contributed by atoms with Crippen molar-refractivity contribution in [1.29, 1.82) is 0 Å². The standard InChI is InChI=1S/C13H20N2O2/c1-8-7-11(16)9(2)6-10(8)15-12(17)13(3,4)14-5/h6-7,14,16H,1-5H3,(H,15,17). The lowest BCUT2D eigenvalue weighted by molar-refractivity contribution is -0.121. The van der Waals surface area contributed by atoms with Crippen LogP contribution in [0.4, 0.5) is 5.69 Å². The molecule has 0 aliphatic rings. The summed E-state index contributed by atoms with van der Waals surface area (Å²) in [5.74, 6) is 0.140. The predicted octanol–water partition coefficient (Wildman–Crippen LogP) is 1.95. The summed E-state index contributed by atoms with van der Waals surface area (Å²) in [5.41, 5.74) is 1.69. The molecular weight excluding hydrogens is 216 g/mol. The van der Waals surface area contributed by atoms with E-state index in [2.05, 4.69) is 10.6 Å². The Hall–Kier alpha value is -1.55. The monoisotopic (exact) mass is 236 g/mol. The van der Waals surface area contributed by atoms with E-state index in [4.69, 9.17) is 0 Å². The minimum atomic E-state index is -0.627. The first kappa shape index (κ1) is 13.5. The number of hydrogen-bond donors (Lipinski definition) is 3. The smallest absolute Gasteiger partial charge is 0.244 e. The second kappa shape index (κ2) is 4.75. The molecule has 94 valence electrons. The van der Waals surface area contributed by atoms with Crippen molar-refractivity contribution in [2.24, 2.45) is 0 Å². The van der Waals surface area contributed by atoms with Crippen LogP contribution in [0.3, 0.4) is 0 Å². The number of phenolic OH excluding ortho intramolecular Hbond substituents is 1. The van der Waals surface area contributed by atoms with Crippen LogP contribution in [0.15, 0.2) is 12.1 Å². The van der Waals surface area contributed by atoms with Gasteiger partial charge in [0, 0.05) is 5.69 Å². The van der Waals surface area contributed by atoms with E-state index in [1.165, 1.54) is 0 Å². The number of nitrogens with one attached hydrogen (secondary N) is 2. The van der Waals surface area contributed by atoms with Crippen LogP contribution in [-0.4, -0.2) is 23.6 Å². The van der Waals surface area contributed by atoms with Crippen molar-refractivity contribution in [3.05, 3.63) is 23.3 Å². The molecule has 0 unspecified atom stereocenters. The van der Waals surface area contributed by atoms with E-state index in [9.17, 15) is 9.90 Å². The highest BCUT2D eigenvalue weighted by atomic mass is 16.3. The Morgan fingerprint density at radius 2 is 1.82 bits per heavy atom. The van der Waals surface area contributed by atoms with Gasteiger partial charge in [0.25, 0.3) is 0 Å². The maximum atomic E-state index is 12.0. The Morgan fingerprint density at radius 3 is 2.35 bits per heavy atom. The number of carbonyl (C=O) groups is 1. The number of aromatic hydroxyl groups is 1. The summed E-state index contributed by atoms with van der Waals surface area (Å²) < 4.78 is 0. The molecule has 0 aliphatic heterocycles. The summed E-state index contributed by atoms with van der Waals surface area (Å²) in [6.07, 6.45) is 0. The number of phenols is 1. The van der Waals surface area contributed by atoms with E-state index >= 15 is 0 Å². The number of amides is 1. The van der Waals surface area contributed by atoms with Gasteiger partial charge in [-0.1, -0.05) is 0 Å². The average molecular weight is 236 g/mol. The molecule has 1 rings (SSSR count). The van der Waals surface area contributed by atoms with E-state index in [-0.39, 0.29) is 11.7 Å². The van der Waals surface area contributed by atoms with Crippen LogP contribution in [0.5, 0.6) is 5.75 Å². The predicted molar refractivity (Wildman–Crippen MR) is 69.3 cm³/mol. The van der Waals surface area contributed by atoms with Crippen molar-refractivity contribution in [3.63, 3.8) is 0 Å². The molecule has 0 saturated heterocycles. The molecule has 4 heteroatoms. The number of aryl methyl sites for hydroxylation is 2. The number of likely N-dealkylation sites (N-methyl/N-ethyl adjacent to an activating group) is 1. The van der Waals surface area contributed by atoms with Crippen LogP contribution in [0.25, 0.3) is 0 Å². The van der Waals surface area contributed by atoms with E-state index in [0.717, 1.165) is 16.8 Å². The minimum Gasteiger partial charge on any atom is -0.508 e. The Morgan fingerprint density at radius 1 is 1.24 bits per heavy atom. The fourth-order valence-corrected chi connectivity index (χ4v) is 1.33. The molecular formula is C13H20N2O2. The first-order chi connectivity index (χ1) is 7.77. The summed E-state index contributed by atoms with van der Waals surface area (Å²) in [7, 11) is 1.74. The number of rotatable bonds is 3. The van der Waals surface area contributed by atoms with Crippen LogP contribution in [0.2, 0.25) is 0 Å². The highest BCUT2D eigenvalue weighted by Gasteiger charge is 2.25. The number of anilines is 1. The Balaban J connectivity index is 2.97. The molecule has 0 aromatic heterocycles. The van der Waals surface area contributed by atoms with Crippen molar-refractivity contribution >= 4 is 11.6 Å². The zero-order valence-electron chi connectivity index (χ0n) is 11.0. The van der Waals surface area contributed by atoms with Gasteiger partial charge in [-0.25, -0.2) is 0 Å². The van der Waals surface area contributed by atoms with Gasteiger partial charge < -0.3 is 15.7 Å². The van der Waals surface area contributed by atoms with Crippen LogP contribution >= 0.6 is 0 Å². The van der Waals surface area contributed by atoms with Gasteiger partial charge in [-0.05, 0) is 58.0 Å². The molecule has 4 nitrogen and oxygen atoms in total. The van der Waals surface area contributed by atoms with Gasteiger partial charge in [-0.2, -0.15) is 0 Å². The van der Waals surface area contributed by atoms with Crippen molar-refractivity contribution in [1.82, 2.24) is 5.32 Å². The number of benzene rings is 1. The number of hydrogen-bond acceptors (Lipinski definition) is 3. The van der Waals surface area contributed by atoms with E-state index in [1.54, 1.807) is 26.1 Å². The Labute approximate surface area is 102 Å². The maximum Gasteiger partial charge on any atom is 0.244 e. The van der Waals surface area contributed by atoms with Gasteiger partial charge in [-0.3, -0.25) is 4.79 Å². The minimum absolute atomic E-state index is 0.104. The first-order valence-electron chi connectivity index (χ1n) is 5.58. The molecule has 1 aromatic rings. The van der Waals surface area contributed by atoms with Crippen LogP contribution in [0.1, 0.15) is 25.0 Å². The molecule has 0 fully saturated rings. The van der Waals surface area contributed by atoms with Crippen molar-refractivity contribution in [3.8, 4) is 5.75 Å². The average Bonchev–Trinajstić information content (AvgIpc) is 2.25. The highest BCUT2D eigenvalue weighted by Crippen LogP contribution is 2.25. The normalized spacial score (nSPS) is 11.4. The summed E-state index contributed by atoms with van der Waals surface area (Å²) >= 11 is 0. The molecule has 0 bridgehead atoms. The molecule has 1 amide bonds. The molecule has 0 spiro atoms. The van der Waals surface area contributed by atoms with Gasteiger partial charge in [0.15, 0.2) is 0 Å². The van der Waals surface area contributed by atoms with Crippen LogP contribution < -0.4 is 10.6 Å². The van der Waals surface area contributed by atoms with Gasteiger partial charge in [0.05, 0.1) is 5.54 Å². The molecule has 0 heterocycles. The van der Waals surface area contributed by atoms with Gasteiger partial charge in [0.1, 0.15) is 5.75 Å². The molecule has 17 heavy (non-hydrogen) atoms. The lowest BCUT2D eigenvalue weighted by atomic mass is 10.0. The molecule has 1 aromatic carbocycles. The third kappa shape index (κ3) is 2.97. The quantitative estimate of drug-likeness (QED) is 0.703. The maximum absolute atomic E-state index is 12.0. The topological polar surface area (TPSA) is 61.4 Å². The Bertz CT molecular complexity index is 439. The summed E-state index contributed by atoms with van der Waals surface area (Å²) in [6.45, 7) is 7.27. The zero-order valence-corrected chi connectivity index (χ0v) is 11.0. The van der Waals surface area contributed by atoms with Crippen LogP contribution in [-0.2, 0) is 4.79 Å². The lowest BCUT2D eigenvalue weighted by Crippen LogP contribution is -2.48. The molecule has 0 saturated carbocycles. The number of carbonyl (C=O) groups excluding carboxylic acids is 1. The summed E-state index contributed by atoms with van der Waals surface area (Å²) in [6, 6.07) is 3.42. The van der Waals surface area contributed by atoms with Gasteiger partial charge in [0.2, 0.25) is 5.91 Å². The van der Waals surface area contributed by atoms with Gasteiger partial charge >= 0.3 is 0 Å². The largest absolute Gasteiger partial charge is 0.508 e. The van der Waals surface area contributed by atoms with Crippen molar-refractivity contribution < 1.29 is 9.90 Å². The van der Waals surface area contributed by atoms with E-state index in [0.29, 0.717) is 0 Å². The third-order valence-electron chi connectivity index (χ3n) is 2.98. The summed E-state index contributed by atoms with van der Waals surface area (Å²) in [4.78, 5) is 12.0. The lowest BCUT2D eigenvalue weighted by Gasteiger charge is -2.23. The van der Waals surface area contributed by atoms with Gasteiger partial charge in [-0.15, -0.1) is 0 Å². The SMILES string of the molecule is CNC(C)(C)C(=O)Nc1cc(C)c(O)cc1C. The van der Waals surface area contributed by atoms with Crippen molar-refractivity contribution in [2.75, 3.05) is 12.4 Å². The molecule has 0 atom stereocenters. The molecule has 0 radical (unpaired) electrons. The zero-order chi connectivity index (χ0) is 13.2. The van der Waals surface area contributed by atoms with E-state index in [1.807, 2.05) is 20.8 Å². The van der Waals surface area contributed by atoms with Crippen LogP contribution in [0, 0.1) is 13.8 Å². The van der Waals surface area contributed by atoms with E-state index < -0.39 is 5.54 Å². The highest BCUT2D eigenvalue weighted by molar-refractivity contribution is 5.98. The second-order valence-corrected chi connectivity index (χ2v) is 4.78. The fourth-order valence-electron chi connectivity index (χ4n) is 1.33. The second-order valence-electron chi connectivity index (χ2n) is 4.78. The van der Waals surface area contributed by atoms with Crippen molar-refractivity contribution in [2.45, 2.75) is 33.2 Å². The first-order valence-corrected chi connectivity index (χ1v) is 5.58. The third-order valence-corrected chi connectivity index (χ3v) is 2.98. The Kier molecular flexibility index (Phi) is 3.78. The molecule has 0 aliphatic carbocycles. The molecule has 3 N–H and O–H groups in total.